The number of ketones is 1. The van der Waals surface area contributed by atoms with Crippen LogP contribution in [0.2, 0.25) is 0 Å². The molecule has 0 amide bonds. The molecule has 2 aromatic rings. The summed E-state index contributed by atoms with van der Waals surface area (Å²) in [7, 11) is 0. The van der Waals surface area contributed by atoms with Crippen LogP contribution in [-0.2, 0) is 5.41 Å². The summed E-state index contributed by atoms with van der Waals surface area (Å²) in [5.41, 5.74) is 6.98. The molecule has 0 unspecified atom stereocenters. The molecule has 1 aliphatic heterocycles. The number of nitrogens with zero attached hydrogens (tertiary/aromatic N) is 2. The molecule has 0 fully saturated rings. The molecule has 2 aliphatic rings. The maximum absolute atomic E-state index is 12.9. The maximum Gasteiger partial charge on any atom is 0.211 e. The summed E-state index contributed by atoms with van der Waals surface area (Å²) in [6, 6.07) is 12.4. The number of hydrogen-bond donors (Lipinski definition) is 0. The lowest BCUT2D eigenvalue weighted by molar-refractivity contribution is 0.103. The van der Waals surface area contributed by atoms with Crippen LogP contribution in [0.25, 0.3) is 5.57 Å². The summed E-state index contributed by atoms with van der Waals surface area (Å²) in [6.45, 7) is 9.71. The van der Waals surface area contributed by atoms with E-state index in [0.29, 0.717) is 11.3 Å². The average molecular weight is 370 g/mol. The first kappa shape index (κ1) is 18.4. The first-order valence-electron chi connectivity index (χ1n) is 9.93. The van der Waals surface area contributed by atoms with Gasteiger partial charge in [-0.15, -0.1) is 0 Å². The predicted molar refractivity (Wildman–Crippen MR) is 115 cm³/mol. The van der Waals surface area contributed by atoms with Gasteiger partial charge in [0.25, 0.3) is 0 Å². The van der Waals surface area contributed by atoms with Gasteiger partial charge in [-0.05, 0) is 54.8 Å². The van der Waals surface area contributed by atoms with E-state index in [0.717, 1.165) is 24.1 Å². The number of benzene rings is 1. The number of aromatic nitrogens is 1. The Morgan fingerprint density at radius 1 is 1.11 bits per heavy atom. The van der Waals surface area contributed by atoms with Gasteiger partial charge in [0.2, 0.25) is 5.78 Å². The smallest absolute Gasteiger partial charge is 0.211 e. The van der Waals surface area contributed by atoms with E-state index in [1.807, 2.05) is 31.2 Å². The number of hydrogen-bond acceptors (Lipinski definition) is 3. The lowest BCUT2D eigenvalue weighted by atomic mass is 9.83. The van der Waals surface area contributed by atoms with Crippen LogP contribution in [0.5, 0.6) is 0 Å². The van der Waals surface area contributed by atoms with Gasteiger partial charge < -0.3 is 4.90 Å². The molecule has 3 nitrogen and oxygen atoms in total. The molecule has 28 heavy (non-hydrogen) atoms. The van der Waals surface area contributed by atoms with E-state index in [4.69, 9.17) is 0 Å². The summed E-state index contributed by atoms with van der Waals surface area (Å²) in [6.07, 6.45) is 8.82. The Labute approximate surface area is 167 Å². The van der Waals surface area contributed by atoms with Crippen molar-refractivity contribution in [2.45, 2.75) is 39.5 Å². The van der Waals surface area contributed by atoms with Crippen LogP contribution < -0.4 is 4.90 Å². The number of para-hydroxylation sites is 1. The third kappa shape index (κ3) is 2.82. The highest BCUT2D eigenvalue weighted by atomic mass is 16.1. The molecule has 4 rings (SSSR count). The van der Waals surface area contributed by atoms with Crippen molar-refractivity contribution in [3.8, 4) is 0 Å². The maximum atomic E-state index is 12.9. The van der Waals surface area contributed by atoms with Crippen LogP contribution in [0, 0.1) is 0 Å². The van der Waals surface area contributed by atoms with Crippen LogP contribution in [0.3, 0.4) is 0 Å². The molecular formula is C25H26N2O. The first-order valence-corrected chi connectivity index (χ1v) is 9.93. The van der Waals surface area contributed by atoms with Gasteiger partial charge in [-0.3, -0.25) is 9.78 Å². The minimum absolute atomic E-state index is 0.00610. The minimum atomic E-state index is -0.102. The fourth-order valence-electron chi connectivity index (χ4n) is 4.32. The predicted octanol–water partition coefficient (Wildman–Crippen LogP) is 5.70. The highest BCUT2D eigenvalue weighted by molar-refractivity contribution is 6.15. The topological polar surface area (TPSA) is 33.2 Å². The third-order valence-corrected chi connectivity index (χ3v) is 5.75. The number of allylic oxidation sites excluding steroid dienone is 6. The molecule has 1 aliphatic carbocycles. The van der Waals surface area contributed by atoms with E-state index in [1.54, 1.807) is 6.20 Å². The molecule has 1 aromatic carbocycles. The van der Waals surface area contributed by atoms with Crippen LogP contribution in [0.4, 0.5) is 5.69 Å². The van der Waals surface area contributed by atoms with E-state index in [-0.39, 0.29) is 11.2 Å². The van der Waals surface area contributed by atoms with Gasteiger partial charge in [-0.2, -0.15) is 0 Å². The fourth-order valence-corrected chi connectivity index (χ4v) is 4.32. The Hall–Kier alpha value is -2.94. The van der Waals surface area contributed by atoms with Crippen LogP contribution in [0.15, 0.2) is 72.1 Å². The van der Waals surface area contributed by atoms with Crippen molar-refractivity contribution in [1.29, 1.82) is 0 Å². The van der Waals surface area contributed by atoms with Crippen LogP contribution in [0.1, 0.15) is 55.7 Å². The summed E-state index contributed by atoms with van der Waals surface area (Å²) < 4.78 is 0. The third-order valence-electron chi connectivity index (χ3n) is 5.75. The monoisotopic (exact) mass is 370 g/mol. The quantitative estimate of drug-likeness (QED) is 0.650. The Morgan fingerprint density at radius 2 is 1.89 bits per heavy atom. The van der Waals surface area contributed by atoms with E-state index < -0.39 is 0 Å². The van der Waals surface area contributed by atoms with Gasteiger partial charge in [-0.25, -0.2) is 0 Å². The van der Waals surface area contributed by atoms with Gasteiger partial charge in [0, 0.05) is 40.7 Å². The molecule has 2 heterocycles. The molecular weight excluding hydrogens is 344 g/mol. The van der Waals surface area contributed by atoms with E-state index in [1.165, 1.54) is 16.9 Å². The van der Waals surface area contributed by atoms with Gasteiger partial charge in [-0.1, -0.05) is 45.0 Å². The lowest BCUT2D eigenvalue weighted by Crippen LogP contribution is -2.26. The highest BCUT2D eigenvalue weighted by Crippen LogP contribution is 2.47. The standard InChI is InChI=1S/C25H26N2O/c1-5-15-27-21-11-7-6-10-20(21)25(3,4)22(27)13-12-18-16-17(2)19-9-8-14-26-23(19)24(18)28/h6-14,16H,5,15H2,1-4H3/b18-12+,22-13-. The molecule has 3 heteroatoms. The van der Waals surface area contributed by atoms with Crippen molar-refractivity contribution in [2.75, 3.05) is 11.4 Å². The molecule has 142 valence electrons. The van der Waals surface area contributed by atoms with E-state index >= 15 is 0 Å². The zero-order valence-corrected chi connectivity index (χ0v) is 17.0. The minimum Gasteiger partial charge on any atom is -0.344 e. The Bertz CT molecular complexity index is 1040. The molecule has 1 aromatic heterocycles. The highest BCUT2D eigenvalue weighted by Gasteiger charge is 2.39. The van der Waals surface area contributed by atoms with Crippen molar-refractivity contribution in [3.63, 3.8) is 0 Å². The van der Waals surface area contributed by atoms with Gasteiger partial charge in [0.1, 0.15) is 5.69 Å². The number of anilines is 1. The van der Waals surface area contributed by atoms with Gasteiger partial charge in [0.05, 0.1) is 0 Å². The second kappa shape index (κ2) is 6.90. The average Bonchev–Trinajstić information content (AvgIpc) is 2.91. The summed E-state index contributed by atoms with van der Waals surface area (Å²) >= 11 is 0. The van der Waals surface area contributed by atoms with Crippen molar-refractivity contribution in [3.05, 3.63) is 88.9 Å². The zero-order chi connectivity index (χ0) is 19.9. The fraction of sp³-hybridized carbons (Fsp3) is 0.280. The Balaban J connectivity index is 1.79. The van der Waals surface area contributed by atoms with Crippen molar-refractivity contribution in [1.82, 2.24) is 4.98 Å². The molecule has 0 saturated carbocycles. The SMILES string of the molecule is CCCN1/C(=C\C=C2/C=C(C)c3cccnc3C2=O)C(C)(C)c2ccccc21. The van der Waals surface area contributed by atoms with Crippen molar-refractivity contribution < 1.29 is 4.79 Å². The molecule has 0 bridgehead atoms. The second-order valence-electron chi connectivity index (χ2n) is 8.02. The lowest BCUT2D eigenvalue weighted by Gasteiger charge is -2.26. The van der Waals surface area contributed by atoms with Crippen molar-refractivity contribution >= 4 is 17.0 Å². The number of fused-ring (bicyclic) bond motifs is 2. The van der Waals surface area contributed by atoms with E-state index in [9.17, 15) is 4.79 Å². The molecule has 0 spiro atoms. The molecule has 0 radical (unpaired) electrons. The number of carbonyl (C=O) groups excluding carboxylic acids is 1. The number of rotatable bonds is 3. The Kier molecular flexibility index (Phi) is 4.54. The van der Waals surface area contributed by atoms with E-state index in [2.05, 4.69) is 61.0 Å². The van der Waals surface area contributed by atoms with Crippen LogP contribution in [-0.4, -0.2) is 17.3 Å². The summed E-state index contributed by atoms with van der Waals surface area (Å²) in [5, 5.41) is 0. The molecule has 0 atom stereocenters. The van der Waals surface area contributed by atoms with Gasteiger partial charge >= 0.3 is 0 Å². The summed E-state index contributed by atoms with van der Waals surface area (Å²) in [4.78, 5) is 19.7. The molecule has 0 N–H and O–H groups in total. The van der Waals surface area contributed by atoms with Crippen molar-refractivity contribution in [2.24, 2.45) is 0 Å². The second-order valence-corrected chi connectivity index (χ2v) is 8.02. The van der Waals surface area contributed by atoms with Crippen LogP contribution >= 0.6 is 0 Å². The number of Topliss-reactive ketones (excluding diaryl/α,β-unsaturated/α-hetero) is 1. The largest absolute Gasteiger partial charge is 0.344 e. The first-order chi connectivity index (χ1) is 13.4. The number of pyridine rings is 1. The zero-order valence-electron chi connectivity index (χ0n) is 17.0. The van der Waals surface area contributed by atoms with Gasteiger partial charge in [0.15, 0.2) is 0 Å². The Morgan fingerprint density at radius 3 is 2.68 bits per heavy atom. The summed E-state index contributed by atoms with van der Waals surface area (Å²) in [5.74, 6) is -0.00610. The molecule has 0 saturated heterocycles. The normalized spacial score (nSPS) is 20.4. The number of carbonyl (C=O) groups is 1.